The molecule has 1 amide bonds. The fourth-order valence-electron chi connectivity index (χ4n) is 1.17. The second-order valence-corrected chi connectivity index (χ2v) is 3.23. The minimum absolute atomic E-state index is 0.0951. The molecular formula is C9H17F3N2O. The fraction of sp³-hybridized carbons (Fsp3) is 0.889. The molecule has 0 aliphatic rings. The molecule has 0 spiro atoms. The maximum absolute atomic E-state index is 12.0. The molecule has 0 aliphatic heterocycles. The predicted molar refractivity (Wildman–Crippen MR) is 51.5 cm³/mol. The minimum Gasteiger partial charge on any atom is -0.334 e. The van der Waals surface area contributed by atoms with Crippen LogP contribution in [0, 0.1) is 0 Å². The molecule has 0 aliphatic carbocycles. The van der Waals surface area contributed by atoms with Crippen molar-refractivity contribution in [2.45, 2.75) is 25.9 Å². The van der Waals surface area contributed by atoms with E-state index in [-0.39, 0.29) is 13.0 Å². The van der Waals surface area contributed by atoms with Crippen LogP contribution in [0.5, 0.6) is 0 Å². The third-order valence-corrected chi connectivity index (χ3v) is 1.92. The Morgan fingerprint density at radius 1 is 1.40 bits per heavy atom. The number of nitrogens with zero attached hydrogens (tertiary/aromatic N) is 1. The molecule has 0 unspecified atom stereocenters. The summed E-state index contributed by atoms with van der Waals surface area (Å²) in [5.74, 6) is -0.440. The molecule has 15 heavy (non-hydrogen) atoms. The van der Waals surface area contributed by atoms with Crippen LogP contribution in [0.1, 0.15) is 19.8 Å². The highest BCUT2D eigenvalue weighted by atomic mass is 19.4. The van der Waals surface area contributed by atoms with Gasteiger partial charge in [-0.05, 0) is 26.9 Å². The van der Waals surface area contributed by atoms with Gasteiger partial charge in [-0.2, -0.15) is 13.2 Å². The third-order valence-electron chi connectivity index (χ3n) is 1.92. The number of hydrogen-bond acceptors (Lipinski definition) is 2. The van der Waals surface area contributed by atoms with Crippen molar-refractivity contribution >= 4 is 5.91 Å². The van der Waals surface area contributed by atoms with Gasteiger partial charge in [-0.15, -0.1) is 0 Å². The summed E-state index contributed by atoms with van der Waals surface area (Å²) >= 11 is 0. The largest absolute Gasteiger partial charge is 0.406 e. The quantitative estimate of drug-likeness (QED) is 0.694. The Bertz CT molecular complexity index is 194. The molecule has 0 saturated heterocycles. The zero-order valence-electron chi connectivity index (χ0n) is 9.02. The highest BCUT2D eigenvalue weighted by Gasteiger charge is 2.31. The second kappa shape index (κ2) is 6.66. The van der Waals surface area contributed by atoms with Gasteiger partial charge in [-0.25, -0.2) is 0 Å². The SMILES string of the molecule is CCN(CC(F)(F)F)C(=O)CCCNC. The van der Waals surface area contributed by atoms with E-state index in [0.29, 0.717) is 13.0 Å². The van der Waals surface area contributed by atoms with E-state index in [0.717, 1.165) is 4.90 Å². The van der Waals surface area contributed by atoms with E-state index >= 15 is 0 Å². The summed E-state index contributed by atoms with van der Waals surface area (Å²) in [7, 11) is 1.73. The van der Waals surface area contributed by atoms with Crippen LogP contribution in [0.3, 0.4) is 0 Å². The van der Waals surface area contributed by atoms with Gasteiger partial charge < -0.3 is 10.2 Å². The normalized spacial score (nSPS) is 11.5. The van der Waals surface area contributed by atoms with Gasteiger partial charge >= 0.3 is 6.18 Å². The number of rotatable bonds is 6. The summed E-state index contributed by atoms with van der Waals surface area (Å²) in [5.41, 5.74) is 0. The Balaban J connectivity index is 4.00. The number of hydrogen-bond donors (Lipinski definition) is 1. The molecule has 90 valence electrons. The fourth-order valence-corrected chi connectivity index (χ4v) is 1.17. The predicted octanol–water partition coefficient (Wildman–Crippen LogP) is 1.40. The van der Waals surface area contributed by atoms with E-state index < -0.39 is 18.6 Å². The Kier molecular flexibility index (Phi) is 6.31. The number of nitrogens with one attached hydrogen (secondary N) is 1. The molecule has 0 heterocycles. The molecule has 0 aromatic carbocycles. The molecule has 0 saturated carbocycles. The van der Waals surface area contributed by atoms with E-state index in [1.54, 1.807) is 14.0 Å². The van der Waals surface area contributed by atoms with Crippen LogP contribution in [0.4, 0.5) is 13.2 Å². The van der Waals surface area contributed by atoms with Gasteiger partial charge in [0.25, 0.3) is 0 Å². The number of amides is 1. The highest BCUT2D eigenvalue weighted by Crippen LogP contribution is 2.16. The van der Waals surface area contributed by atoms with Crippen molar-refractivity contribution in [1.29, 1.82) is 0 Å². The summed E-state index contributed by atoms with van der Waals surface area (Å²) in [4.78, 5) is 12.2. The van der Waals surface area contributed by atoms with E-state index in [1.807, 2.05) is 0 Å². The first-order valence-corrected chi connectivity index (χ1v) is 4.89. The Morgan fingerprint density at radius 2 is 2.00 bits per heavy atom. The first kappa shape index (κ1) is 14.2. The van der Waals surface area contributed by atoms with Gasteiger partial charge in [0.1, 0.15) is 6.54 Å². The average Bonchev–Trinajstić information content (AvgIpc) is 2.13. The molecule has 6 heteroatoms. The lowest BCUT2D eigenvalue weighted by Crippen LogP contribution is -2.38. The van der Waals surface area contributed by atoms with Gasteiger partial charge in [0.05, 0.1) is 0 Å². The number of halogens is 3. The van der Waals surface area contributed by atoms with Crippen LogP contribution in [0.15, 0.2) is 0 Å². The monoisotopic (exact) mass is 226 g/mol. The van der Waals surface area contributed by atoms with Crippen molar-refractivity contribution in [1.82, 2.24) is 10.2 Å². The van der Waals surface area contributed by atoms with Gasteiger partial charge in [0, 0.05) is 13.0 Å². The summed E-state index contributed by atoms with van der Waals surface area (Å²) in [6, 6.07) is 0. The molecule has 0 rings (SSSR count). The molecule has 0 radical (unpaired) electrons. The zero-order chi connectivity index (χ0) is 11.9. The lowest BCUT2D eigenvalue weighted by molar-refractivity contribution is -0.160. The standard InChI is InChI=1S/C9H17F3N2O/c1-3-14(7-9(10,11)12)8(15)5-4-6-13-2/h13H,3-7H2,1-2H3. The number of carbonyl (C=O) groups excluding carboxylic acids is 1. The first-order chi connectivity index (χ1) is 6.90. The summed E-state index contributed by atoms with van der Waals surface area (Å²) < 4.78 is 36.1. The lowest BCUT2D eigenvalue weighted by atomic mass is 10.2. The van der Waals surface area contributed by atoms with Crippen molar-refractivity contribution in [2.75, 3.05) is 26.7 Å². The molecule has 0 atom stereocenters. The maximum atomic E-state index is 12.0. The lowest BCUT2D eigenvalue weighted by Gasteiger charge is -2.22. The minimum atomic E-state index is -4.31. The third kappa shape index (κ3) is 7.18. The van der Waals surface area contributed by atoms with Crippen LogP contribution in [-0.4, -0.2) is 43.7 Å². The van der Waals surface area contributed by atoms with E-state index in [4.69, 9.17) is 0 Å². The molecule has 1 N–H and O–H groups in total. The average molecular weight is 226 g/mol. The van der Waals surface area contributed by atoms with Gasteiger partial charge in [-0.1, -0.05) is 0 Å². The van der Waals surface area contributed by atoms with E-state index in [2.05, 4.69) is 5.32 Å². The Labute approximate surface area is 87.6 Å². The second-order valence-electron chi connectivity index (χ2n) is 3.23. The van der Waals surface area contributed by atoms with Gasteiger partial charge in [-0.3, -0.25) is 4.79 Å². The summed E-state index contributed by atoms with van der Waals surface area (Å²) in [5, 5.41) is 2.84. The molecular weight excluding hydrogens is 209 g/mol. The van der Waals surface area contributed by atoms with Gasteiger partial charge in [0.2, 0.25) is 5.91 Å². The van der Waals surface area contributed by atoms with Crippen LogP contribution >= 0.6 is 0 Å². The maximum Gasteiger partial charge on any atom is 0.406 e. The molecule has 0 aromatic heterocycles. The zero-order valence-corrected chi connectivity index (χ0v) is 9.02. The first-order valence-electron chi connectivity index (χ1n) is 4.89. The molecule has 0 bridgehead atoms. The van der Waals surface area contributed by atoms with E-state index in [1.165, 1.54) is 0 Å². The van der Waals surface area contributed by atoms with Gasteiger partial charge in [0.15, 0.2) is 0 Å². The molecule has 0 aromatic rings. The molecule has 0 fully saturated rings. The van der Waals surface area contributed by atoms with Crippen LogP contribution in [0.2, 0.25) is 0 Å². The molecule has 3 nitrogen and oxygen atoms in total. The Morgan fingerprint density at radius 3 is 2.40 bits per heavy atom. The van der Waals surface area contributed by atoms with Crippen LogP contribution in [0.25, 0.3) is 0 Å². The van der Waals surface area contributed by atoms with Crippen molar-refractivity contribution < 1.29 is 18.0 Å². The number of carbonyl (C=O) groups is 1. The topological polar surface area (TPSA) is 32.3 Å². The number of alkyl halides is 3. The van der Waals surface area contributed by atoms with Crippen LogP contribution in [-0.2, 0) is 4.79 Å². The summed E-state index contributed by atoms with van der Waals surface area (Å²) in [6.45, 7) is 1.12. The van der Waals surface area contributed by atoms with E-state index in [9.17, 15) is 18.0 Å². The van der Waals surface area contributed by atoms with Crippen molar-refractivity contribution in [3.8, 4) is 0 Å². The Hall–Kier alpha value is -0.780. The van der Waals surface area contributed by atoms with Crippen molar-refractivity contribution in [2.24, 2.45) is 0 Å². The van der Waals surface area contributed by atoms with Crippen LogP contribution < -0.4 is 5.32 Å². The summed E-state index contributed by atoms with van der Waals surface area (Å²) in [6.07, 6.45) is -3.59. The van der Waals surface area contributed by atoms with Crippen molar-refractivity contribution in [3.63, 3.8) is 0 Å². The smallest absolute Gasteiger partial charge is 0.334 e. The highest BCUT2D eigenvalue weighted by molar-refractivity contribution is 5.76. The van der Waals surface area contributed by atoms with Crippen molar-refractivity contribution in [3.05, 3.63) is 0 Å².